The largest absolute Gasteiger partial charge is 0.394 e. The Bertz CT molecular complexity index is 200. The van der Waals surface area contributed by atoms with Crippen LogP contribution >= 0.6 is 0 Å². The van der Waals surface area contributed by atoms with Gasteiger partial charge in [0.2, 0.25) is 5.91 Å². The van der Waals surface area contributed by atoms with E-state index in [0.717, 1.165) is 32.2 Å². The van der Waals surface area contributed by atoms with Gasteiger partial charge in [0.05, 0.1) is 18.2 Å². The summed E-state index contributed by atoms with van der Waals surface area (Å²) in [5.74, 6) is 0.0326. The summed E-state index contributed by atoms with van der Waals surface area (Å²) in [6, 6.07) is -0.0611. The van der Waals surface area contributed by atoms with Gasteiger partial charge in [0.1, 0.15) is 0 Å². The van der Waals surface area contributed by atoms with Gasteiger partial charge in [-0.1, -0.05) is 13.8 Å². The van der Waals surface area contributed by atoms with Gasteiger partial charge in [0.15, 0.2) is 0 Å². The lowest BCUT2D eigenvalue weighted by Crippen LogP contribution is -2.55. The van der Waals surface area contributed by atoms with Gasteiger partial charge in [0, 0.05) is 0 Å². The van der Waals surface area contributed by atoms with Crippen LogP contribution in [0.25, 0.3) is 0 Å². The molecule has 0 aromatic rings. The Labute approximate surface area is 91.4 Å². The minimum Gasteiger partial charge on any atom is -0.394 e. The topological polar surface area (TPSA) is 61.4 Å². The van der Waals surface area contributed by atoms with Crippen molar-refractivity contribution >= 4 is 5.91 Å². The Morgan fingerprint density at radius 3 is 2.60 bits per heavy atom. The zero-order valence-electron chi connectivity index (χ0n) is 9.68. The van der Waals surface area contributed by atoms with E-state index in [1.165, 1.54) is 0 Å². The Morgan fingerprint density at radius 1 is 1.53 bits per heavy atom. The Hall–Kier alpha value is -0.610. The molecule has 1 atom stereocenters. The Morgan fingerprint density at radius 2 is 2.20 bits per heavy atom. The molecule has 0 aromatic carbocycles. The van der Waals surface area contributed by atoms with Gasteiger partial charge in [-0.3, -0.25) is 4.79 Å². The average Bonchev–Trinajstić information content (AvgIpc) is 2.79. The van der Waals surface area contributed by atoms with Crippen molar-refractivity contribution in [2.45, 2.75) is 51.1 Å². The maximum Gasteiger partial charge on any atom is 0.237 e. The Balaban J connectivity index is 2.53. The van der Waals surface area contributed by atoms with E-state index in [1.807, 2.05) is 13.8 Å². The highest BCUT2D eigenvalue weighted by molar-refractivity contribution is 5.82. The first-order valence-electron chi connectivity index (χ1n) is 5.83. The van der Waals surface area contributed by atoms with E-state index in [2.05, 4.69) is 10.6 Å². The molecule has 88 valence electrons. The van der Waals surface area contributed by atoms with Crippen LogP contribution in [0.15, 0.2) is 0 Å². The predicted molar refractivity (Wildman–Crippen MR) is 59.6 cm³/mol. The summed E-state index contributed by atoms with van der Waals surface area (Å²) in [4.78, 5) is 11.9. The first kappa shape index (κ1) is 12.5. The number of aliphatic hydroxyl groups excluding tert-OH is 1. The fourth-order valence-electron chi connectivity index (χ4n) is 1.95. The molecule has 1 aliphatic heterocycles. The lowest BCUT2D eigenvalue weighted by molar-refractivity contribution is -0.125. The van der Waals surface area contributed by atoms with Crippen molar-refractivity contribution in [2.75, 3.05) is 13.2 Å². The number of hydrogen-bond acceptors (Lipinski definition) is 3. The molecule has 0 aromatic heterocycles. The van der Waals surface area contributed by atoms with Gasteiger partial charge >= 0.3 is 0 Å². The third-order valence-corrected chi connectivity index (χ3v) is 3.42. The number of carbonyl (C=O) groups excluding carboxylic acids is 1. The lowest BCUT2D eigenvalue weighted by Gasteiger charge is -2.31. The summed E-state index contributed by atoms with van der Waals surface area (Å²) in [7, 11) is 0. The summed E-state index contributed by atoms with van der Waals surface area (Å²) in [5.41, 5.74) is -0.429. The van der Waals surface area contributed by atoms with E-state index in [0.29, 0.717) is 0 Å². The number of nitrogens with one attached hydrogen (secondary N) is 2. The summed E-state index contributed by atoms with van der Waals surface area (Å²) >= 11 is 0. The molecule has 4 nitrogen and oxygen atoms in total. The number of aliphatic hydroxyl groups is 1. The molecule has 1 rings (SSSR count). The molecular weight excluding hydrogens is 192 g/mol. The van der Waals surface area contributed by atoms with Gasteiger partial charge in [-0.15, -0.1) is 0 Å². The lowest BCUT2D eigenvalue weighted by atomic mass is 9.93. The van der Waals surface area contributed by atoms with Crippen molar-refractivity contribution in [1.82, 2.24) is 10.6 Å². The second-order valence-corrected chi connectivity index (χ2v) is 4.28. The zero-order chi connectivity index (χ0) is 11.3. The first-order chi connectivity index (χ1) is 7.17. The number of amides is 1. The third-order valence-electron chi connectivity index (χ3n) is 3.42. The molecule has 15 heavy (non-hydrogen) atoms. The van der Waals surface area contributed by atoms with Gasteiger partial charge in [-0.25, -0.2) is 0 Å². The smallest absolute Gasteiger partial charge is 0.237 e. The van der Waals surface area contributed by atoms with Crippen molar-refractivity contribution in [3.05, 3.63) is 0 Å². The number of carbonyl (C=O) groups is 1. The van der Waals surface area contributed by atoms with Crippen molar-refractivity contribution in [3.63, 3.8) is 0 Å². The van der Waals surface area contributed by atoms with Gasteiger partial charge in [-0.2, -0.15) is 0 Å². The van der Waals surface area contributed by atoms with Crippen LogP contribution in [0.3, 0.4) is 0 Å². The predicted octanol–water partition coefficient (Wildman–Crippen LogP) is 0.406. The molecule has 1 saturated heterocycles. The maximum absolute atomic E-state index is 11.9. The number of rotatable bonds is 5. The highest BCUT2D eigenvalue weighted by Gasteiger charge is 2.31. The van der Waals surface area contributed by atoms with Crippen LogP contribution in [0.1, 0.15) is 39.5 Å². The molecule has 4 heteroatoms. The highest BCUT2D eigenvalue weighted by Crippen LogP contribution is 2.15. The monoisotopic (exact) mass is 214 g/mol. The van der Waals surface area contributed by atoms with Gasteiger partial charge < -0.3 is 15.7 Å². The van der Waals surface area contributed by atoms with Crippen molar-refractivity contribution < 1.29 is 9.90 Å². The van der Waals surface area contributed by atoms with Gasteiger partial charge in [-0.05, 0) is 32.2 Å². The first-order valence-corrected chi connectivity index (χ1v) is 5.83. The Kier molecular flexibility index (Phi) is 4.54. The second kappa shape index (κ2) is 5.47. The van der Waals surface area contributed by atoms with E-state index in [-0.39, 0.29) is 18.6 Å². The fourth-order valence-corrected chi connectivity index (χ4v) is 1.95. The number of hydrogen-bond donors (Lipinski definition) is 3. The molecule has 0 bridgehead atoms. The molecule has 1 heterocycles. The van der Waals surface area contributed by atoms with Crippen LogP contribution in [0.2, 0.25) is 0 Å². The molecule has 0 unspecified atom stereocenters. The van der Waals surface area contributed by atoms with Crippen molar-refractivity contribution in [3.8, 4) is 0 Å². The van der Waals surface area contributed by atoms with Crippen LogP contribution in [0.5, 0.6) is 0 Å². The molecule has 0 radical (unpaired) electrons. The van der Waals surface area contributed by atoms with Crippen molar-refractivity contribution in [2.24, 2.45) is 0 Å². The summed E-state index contributed by atoms with van der Waals surface area (Å²) < 4.78 is 0. The van der Waals surface area contributed by atoms with Crippen LogP contribution in [-0.2, 0) is 4.79 Å². The maximum atomic E-state index is 11.9. The second-order valence-electron chi connectivity index (χ2n) is 4.28. The van der Waals surface area contributed by atoms with E-state index in [1.54, 1.807) is 0 Å². The molecule has 1 fully saturated rings. The van der Waals surface area contributed by atoms with E-state index >= 15 is 0 Å². The summed E-state index contributed by atoms with van der Waals surface area (Å²) in [6.07, 6.45) is 3.49. The van der Waals surface area contributed by atoms with E-state index in [9.17, 15) is 9.90 Å². The minimum absolute atomic E-state index is 0.0124. The quantitative estimate of drug-likeness (QED) is 0.621. The van der Waals surface area contributed by atoms with Gasteiger partial charge in [0.25, 0.3) is 0 Å². The molecule has 0 aliphatic carbocycles. The molecule has 3 N–H and O–H groups in total. The summed E-state index contributed by atoms with van der Waals surface area (Å²) in [6.45, 7) is 4.91. The van der Waals surface area contributed by atoms with Crippen LogP contribution < -0.4 is 10.6 Å². The fraction of sp³-hybridized carbons (Fsp3) is 0.909. The minimum atomic E-state index is -0.429. The molecule has 1 aliphatic rings. The highest BCUT2D eigenvalue weighted by atomic mass is 16.3. The standard InChI is InChI=1S/C11H22N2O2/c1-3-11(4-2,8-14)13-10(15)9-6-5-7-12-9/h9,12,14H,3-8H2,1-2H3,(H,13,15)/t9-/m1/s1. The van der Waals surface area contributed by atoms with E-state index < -0.39 is 5.54 Å². The SMILES string of the molecule is CCC(CC)(CO)NC(=O)[C@H]1CCCN1. The third kappa shape index (κ3) is 2.92. The van der Waals surface area contributed by atoms with Crippen LogP contribution in [-0.4, -0.2) is 35.7 Å². The zero-order valence-corrected chi connectivity index (χ0v) is 9.68. The molecule has 0 spiro atoms. The molecule has 0 saturated carbocycles. The molecular formula is C11H22N2O2. The average molecular weight is 214 g/mol. The normalized spacial score (nSPS) is 21.7. The van der Waals surface area contributed by atoms with E-state index in [4.69, 9.17) is 0 Å². The van der Waals surface area contributed by atoms with Crippen LogP contribution in [0.4, 0.5) is 0 Å². The molecule has 1 amide bonds. The summed E-state index contributed by atoms with van der Waals surface area (Å²) in [5, 5.41) is 15.5. The van der Waals surface area contributed by atoms with Crippen molar-refractivity contribution in [1.29, 1.82) is 0 Å². The van der Waals surface area contributed by atoms with Crippen LogP contribution in [0, 0.1) is 0 Å².